The molecular formula is C11H14N4O2S. The summed E-state index contributed by atoms with van der Waals surface area (Å²) in [6.07, 6.45) is 5.93. The first-order valence-corrected chi connectivity index (χ1v) is 6.49. The van der Waals surface area contributed by atoms with Crippen LogP contribution in [0.5, 0.6) is 0 Å². The first-order valence-electron chi connectivity index (χ1n) is 5.67. The molecular weight excluding hydrogens is 252 g/mol. The Bertz CT molecular complexity index is 695. The van der Waals surface area contributed by atoms with Crippen LogP contribution in [0.1, 0.15) is 19.8 Å². The number of rotatable bonds is 4. The molecule has 2 aromatic rings. The number of nitrogens with zero attached hydrogens (tertiary/aromatic N) is 2. The lowest BCUT2D eigenvalue weighted by molar-refractivity contribution is 0.818. The summed E-state index contributed by atoms with van der Waals surface area (Å²) in [6, 6.07) is 0. The second-order valence-corrected chi connectivity index (χ2v) is 4.80. The van der Waals surface area contributed by atoms with Crippen molar-refractivity contribution in [2.75, 3.05) is 5.73 Å². The van der Waals surface area contributed by atoms with Gasteiger partial charge in [0.2, 0.25) is 5.95 Å². The minimum Gasteiger partial charge on any atom is -0.369 e. The van der Waals surface area contributed by atoms with Crippen LogP contribution in [0.2, 0.25) is 0 Å². The summed E-state index contributed by atoms with van der Waals surface area (Å²) in [5.41, 5.74) is 5.47. The fourth-order valence-corrected chi connectivity index (χ4v) is 2.43. The van der Waals surface area contributed by atoms with Gasteiger partial charge in [-0.15, -0.1) is 0 Å². The van der Waals surface area contributed by atoms with Crippen molar-refractivity contribution < 1.29 is 0 Å². The Morgan fingerprint density at radius 1 is 1.44 bits per heavy atom. The first-order chi connectivity index (χ1) is 8.63. The second kappa shape index (κ2) is 5.18. The van der Waals surface area contributed by atoms with Crippen LogP contribution < -0.4 is 16.2 Å². The number of nitrogens with two attached hydrogens (primary N) is 1. The molecule has 2 rings (SSSR count). The van der Waals surface area contributed by atoms with Crippen LogP contribution in [0, 0.1) is 0 Å². The predicted molar refractivity (Wildman–Crippen MR) is 73.0 cm³/mol. The van der Waals surface area contributed by atoms with Gasteiger partial charge in [-0.25, -0.2) is 0 Å². The zero-order valence-corrected chi connectivity index (χ0v) is 10.8. The number of nitrogens with one attached hydrogen (secondary N) is 1. The fourth-order valence-electron chi connectivity index (χ4n) is 1.60. The van der Waals surface area contributed by atoms with Crippen LogP contribution in [0.4, 0.5) is 5.95 Å². The lowest BCUT2D eigenvalue weighted by Crippen LogP contribution is -2.14. The van der Waals surface area contributed by atoms with E-state index >= 15 is 0 Å². The van der Waals surface area contributed by atoms with Crippen molar-refractivity contribution in [1.29, 1.82) is 0 Å². The SMILES string of the molecule is CCC/C=C\Cn1c(=O)sc2c(=O)[nH]c(N)nc21. The van der Waals surface area contributed by atoms with Gasteiger partial charge < -0.3 is 5.73 Å². The molecule has 96 valence electrons. The van der Waals surface area contributed by atoms with Crippen molar-refractivity contribution in [3.05, 3.63) is 32.2 Å². The van der Waals surface area contributed by atoms with Gasteiger partial charge in [-0.2, -0.15) is 4.98 Å². The van der Waals surface area contributed by atoms with Crippen molar-refractivity contribution in [1.82, 2.24) is 14.5 Å². The van der Waals surface area contributed by atoms with E-state index in [1.54, 1.807) is 0 Å². The highest BCUT2D eigenvalue weighted by Gasteiger charge is 2.11. The molecule has 0 amide bonds. The Labute approximate surface area is 107 Å². The quantitative estimate of drug-likeness (QED) is 0.810. The first kappa shape index (κ1) is 12.6. The predicted octanol–water partition coefficient (Wildman–Crippen LogP) is 1.08. The summed E-state index contributed by atoms with van der Waals surface area (Å²) in [5.74, 6) is 0.0246. The van der Waals surface area contributed by atoms with Gasteiger partial charge in [-0.1, -0.05) is 36.8 Å². The van der Waals surface area contributed by atoms with Crippen molar-refractivity contribution >= 4 is 27.6 Å². The maximum absolute atomic E-state index is 11.8. The van der Waals surface area contributed by atoms with E-state index in [1.807, 2.05) is 12.2 Å². The van der Waals surface area contributed by atoms with E-state index in [-0.39, 0.29) is 16.4 Å². The number of nitrogen functional groups attached to an aromatic ring is 1. The molecule has 0 aliphatic carbocycles. The van der Waals surface area contributed by atoms with Crippen LogP contribution in [0.15, 0.2) is 21.7 Å². The highest BCUT2D eigenvalue weighted by molar-refractivity contribution is 7.16. The number of hydrogen-bond acceptors (Lipinski definition) is 5. The van der Waals surface area contributed by atoms with E-state index in [2.05, 4.69) is 16.9 Å². The maximum atomic E-state index is 11.8. The van der Waals surface area contributed by atoms with Crippen LogP contribution in [-0.2, 0) is 6.54 Å². The van der Waals surface area contributed by atoms with E-state index in [4.69, 9.17) is 5.73 Å². The monoisotopic (exact) mass is 266 g/mol. The minimum absolute atomic E-state index is 0.0246. The molecule has 7 heteroatoms. The summed E-state index contributed by atoms with van der Waals surface area (Å²) < 4.78 is 1.77. The number of aromatic amines is 1. The van der Waals surface area contributed by atoms with E-state index in [0.29, 0.717) is 16.9 Å². The summed E-state index contributed by atoms with van der Waals surface area (Å²) in [5, 5.41) is 0. The van der Waals surface area contributed by atoms with Crippen LogP contribution in [-0.4, -0.2) is 14.5 Å². The number of anilines is 1. The molecule has 2 aromatic heterocycles. The summed E-state index contributed by atoms with van der Waals surface area (Å²) in [7, 11) is 0. The molecule has 0 saturated carbocycles. The average molecular weight is 266 g/mol. The molecule has 3 N–H and O–H groups in total. The molecule has 0 radical (unpaired) electrons. The van der Waals surface area contributed by atoms with Crippen molar-refractivity contribution in [2.24, 2.45) is 0 Å². The molecule has 0 spiro atoms. The van der Waals surface area contributed by atoms with Gasteiger partial charge in [-0.05, 0) is 6.42 Å². The molecule has 0 unspecified atom stereocenters. The van der Waals surface area contributed by atoms with Crippen LogP contribution in [0.3, 0.4) is 0 Å². The Balaban J connectivity index is 2.47. The number of allylic oxidation sites excluding steroid dienone is 2. The number of fused-ring (bicyclic) bond motifs is 1. The van der Waals surface area contributed by atoms with Gasteiger partial charge >= 0.3 is 4.87 Å². The third kappa shape index (κ3) is 2.35. The topological polar surface area (TPSA) is 93.8 Å². The van der Waals surface area contributed by atoms with Gasteiger partial charge in [0.1, 0.15) is 4.70 Å². The molecule has 2 heterocycles. The van der Waals surface area contributed by atoms with E-state index in [0.717, 1.165) is 24.2 Å². The molecule has 6 nitrogen and oxygen atoms in total. The smallest absolute Gasteiger partial charge is 0.309 e. The van der Waals surface area contributed by atoms with Gasteiger partial charge in [0.05, 0.1) is 0 Å². The standard InChI is InChI=1S/C11H14N4O2S/c1-2-3-4-5-6-15-8-7(18-11(15)17)9(16)14-10(12)13-8/h4-5H,2-3,6H2,1H3,(H3,12,13,14,16)/b5-4-. The third-order valence-electron chi connectivity index (χ3n) is 2.45. The van der Waals surface area contributed by atoms with E-state index in [9.17, 15) is 9.59 Å². The molecule has 18 heavy (non-hydrogen) atoms. The summed E-state index contributed by atoms with van der Waals surface area (Å²) >= 11 is 0.890. The summed E-state index contributed by atoms with van der Waals surface area (Å²) in [4.78, 5) is 29.6. The van der Waals surface area contributed by atoms with Gasteiger partial charge in [0.15, 0.2) is 5.65 Å². The van der Waals surface area contributed by atoms with Crippen LogP contribution in [0.25, 0.3) is 10.3 Å². The van der Waals surface area contributed by atoms with E-state index in [1.165, 1.54) is 4.57 Å². The zero-order valence-electron chi connectivity index (χ0n) is 9.97. The number of thiazole rings is 1. The molecule has 0 atom stereocenters. The third-order valence-corrected chi connectivity index (χ3v) is 3.42. The average Bonchev–Trinajstić information content (AvgIpc) is 2.62. The molecule has 0 aromatic carbocycles. The Hall–Kier alpha value is -1.89. The highest BCUT2D eigenvalue weighted by atomic mass is 32.1. The lowest BCUT2D eigenvalue weighted by Gasteiger charge is -1.98. The molecule has 0 aliphatic rings. The number of aromatic nitrogens is 3. The largest absolute Gasteiger partial charge is 0.369 e. The van der Waals surface area contributed by atoms with Crippen LogP contribution >= 0.6 is 11.3 Å². The lowest BCUT2D eigenvalue weighted by atomic mass is 10.3. The normalized spacial score (nSPS) is 11.6. The molecule has 0 fully saturated rings. The van der Waals surface area contributed by atoms with Crippen molar-refractivity contribution in [3.8, 4) is 0 Å². The molecule has 0 bridgehead atoms. The van der Waals surface area contributed by atoms with Crippen molar-refractivity contribution in [3.63, 3.8) is 0 Å². The van der Waals surface area contributed by atoms with Gasteiger partial charge in [0, 0.05) is 6.54 Å². The number of unbranched alkanes of at least 4 members (excludes halogenated alkanes) is 1. The molecule has 0 aliphatic heterocycles. The highest BCUT2D eigenvalue weighted by Crippen LogP contribution is 2.10. The number of H-pyrrole nitrogens is 1. The second-order valence-electron chi connectivity index (χ2n) is 3.84. The van der Waals surface area contributed by atoms with E-state index < -0.39 is 0 Å². The maximum Gasteiger partial charge on any atom is 0.309 e. The van der Waals surface area contributed by atoms with Gasteiger partial charge in [-0.3, -0.25) is 19.1 Å². The zero-order chi connectivity index (χ0) is 13.1. The minimum atomic E-state index is -0.365. The Morgan fingerprint density at radius 2 is 2.22 bits per heavy atom. The summed E-state index contributed by atoms with van der Waals surface area (Å²) in [6.45, 7) is 2.49. The van der Waals surface area contributed by atoms with Gasteiger partial charge in [0.25, 0.3) is 5.56 Å². The molecule has 0 saturated heterocycles. The fraction of sp³-hybridized carbons (Fsp3) is 0.364. The Morgan fingerprint density at radius 3 is 2.94 bits per heavy atom. The number of hydrogen-bond donors (Lipinski definition) is 2. The Kier molecular flexibility index (Phi) is 3.61. The van der Waals surface area contributed by atoms with Crippen molar-refractivity contribution in [2.45, 2.75) is 26.3 Å².